The van der Waals surface area contributed by atoms with E-state index < -0.39 is 0 Å². The summed E-state index contributed by atoms with van der Waals surface area (Å²) in [5, 5.41) is 15.5. The molecule has 2 bridgehead atoms. The number of nitrogens with one attached hydrogen (secondary N) is 2. The van der Waals surface area contributed by atoms with Gasteiger partial charge in [-0.1, -0.05) is 50.8 Å². The van der Waals surface area contributed by atoms with Crippen molar-refractivity contribution < 1.29 is 14.6 Å². The van der Waals surface area contributed by atoms with Gasteiger partial charge in [0.25, 0.3) is 5.91 Å². The first-order valence-corrected chi connectivity index (χ1v) is 11.0. The van der Waals surface area contributed by atoms with E-state index in [1.54, 1.807) is 6.07 Å². The second-order valence-electron chi connectivity index (χ2n) is 8.38. The van der Waals surface area contributed by atoms with E-state index in [2.05, 4.69) is 10.6 Å². The van der Waals surface area contributed by atoms with Crippen molar-refractivity contribution >= 4 is 17.5 Å². The van der Waals surface area contributed by atoms with Crippen LogP contribution in [0.15, 0.2) is 18.2 Å². The van der Waals surface area contributed by atoms with Crippen LogP contribution in [0.2, 0.25) is 5.02 Å². The maximum Gasteiger partial charge on any atom is 0.252 e. The molecule has 1 aromatic carbocycles. The summed E-state index contributed by atoms with van der Waals surface area (Å²) in [4.78, 5) is 12.8. The molecule has 0 spiro atoms. The number of halogens is 1. The molecule has 6 heteroatoms. The van der Waals surface area contributed by atoms with E-state index in [1.165, 1.54) is 44.9 Å². The smallest absolute Gasteiger partial charge is 0.252 e. The number of aliphatic hydroxyl groups excluding tert-OH is 1. The van der Waals surface area contributed by atoms with Crippen molar-refractivity contribution in [1.29, 1.82) is 0 Å². The molecule has 0 saturated heterocycles. The summed E-state index contributed by atoms with van der Waals surface area (Å²) in [5.74, 6) is 0.772. The van der Waals surface area contributed by atoms with Crippen molar-refractivity contribution in [3.05, 3.63) is 41.8 Å². The molecule has 162 valence electrons. The maximum absolute atomic E-state index is 12.8. The molecule has 0 aliphatic heterocycles. The molecule has 0 atom stereocenters. The normalized spacial score (nSPS) is 23.3. The first kappa shape index (κ1) is 24.1. The zero-order valence-corrected chi connectivity index (χ0v) is 18.1. The van der Waals surface area contributed by atoms with Gasteiger partial charge in [-0.2, -0.15) is 0 Å². The number of carbonyl (C=O) groups excluding carboxylic acids is 1. The van der Waals surface area contributed by atoms with Gasteiger partial charge in [0.05, 0.1) is 30.4 Å². The third kappa shape index (κ3) is 6.95. The quantitative estimate of drug-likeness (QED) is 0.501. The van der Waals surface area contributed by atoms with Crippen LogP contribution >= 0.6 is 11.6 Å². The van der Waals surface area contributed by atoms with Gasteiger partial charge in [-0.25, -0.2) is 0 Å². The number of benzene rings is 1. The van der Waals surface area contributed by atoms with Crippen molar-refractivity contribution in [2.24, 2.45) is 11.3 Å². The van der Waals surface area contributed by atoms with Gasteiger partial charge in [0.1, 0.15) is 0 Å². The number of rotatable bonds is 10. The second kappa shape index (κ2) is 11.9. The summed E-state index contributed by atoms with van der Waals surface area (Å²) in [6.45, 7) is 3.12. The van der Waals surface area contributed by atoms with Gasteiger partial charge in [-0.3, -0.25) is 4.79 Å². The predicted molar refractivity (Wildman–Crippen MR) is 117 cm³/mol. The lowest BCUT2D eigenvalue weighted by molar-refractivity contribution is 0.0681. The van der Waals surface area contributed by atoms with Gasteiger partial charge < -0.3 is 20.5 Å². The number of amides is 1. The predicted octanol–water partition coefficient (Wildman–Crippen LogP) is 3.86. The Bertz CT molecular complexity index is 643. The lowest BCUT2D eigenvalue weighted by Gasteiger charge is -2.45. The third-order valence-electron chi connectivity index (χ3n) is 6.24. The average Bonchev–Trinajstić information content (AvgIpc) is 2.70. The Labute approximate surface area is 180 Å². The van der Waals surface area contributed by atoms with Gasteiger partial charge >= 0.3 is 0 Å². The van der Waals surface area contributed by atoms with Crippen molar-refractivity contribution in [2.45, 2.75) is 51.6 Å². The summed E-state index contributed by atoms with van der Waals surface area (Å²) in [7, 11) is 0. The molecule has 2 aliphatic rings. The van der Waals surface area contributed by atoms with Gasteiger partial charge in [-0.15, -0.1) is 0 Å². The van der Waals surface area contributed by atoms with Gasteiger partial charge in [-0.05, 0) is 48.3 Å². The van der Waals surface area contributed by atoms with Crippen LogP contribution in [0.5, 0.6) is 0 Å². The minimum atomic E-state index is -0.0847. The molecule has 29 heavy (non-hydrogen) atoms. The second-order valence-corrected chi connectivity index (χ2v) is 8.78. The van der Waals surface area contributed by atoms with Crippen molar-refractivity contribution in [3.63, 3.8) is 0 Å². The number of aliphatic hydroxyl groups is 1. The molecule has 0 heterocycles. The number of carbonyl (C=O) groups is 1. The summed E-state index contributed by atoms with van der Waals surface area (Å²) >= 11 is 6.30. The van der Waals surface area contributed by atoms with E-state index in [9.17, 15) is 4.79 Å². The molecule has 2 aliphatic carbocycles. The molecule has 0 unspecified atom stereocenters. The van der Waals surface area contributed by atoms with E-state index in [1.807, 2.05) is 12.1 Å². The van der Waals surface area contributed by atoms with Crippen LogP contribution in [-0.4, -0.2) is 43.9 Å². The van der Waals surface area contributed by atoms with Crippen LogP contribution in [-0.2, 0) is 11.3 Å². The minimum Gasteiger partial charge on any atom is -0.395 e. The summed E-state index contributed by atoms with van der Waals surface area (Å²) in [6.07, 6.45) is 9.03. The zero-order chi connectivity index (χ0) is 19.8. The molecule has 2 fully saturated rings. The number of ether oxygens (including phenoxy) is 1. The van der Waals surface area contributed by atoms with Crippen molar-refractivity contribution in [3.8, 4) is 0 Å². The van der Waals surface area contributed by atoms with Gasteiger partial charge in [0.15, 0.2) is 0 Å². The SMILES string of the molecule is O=C(NCC12CCCC(CCC1)C2)c1cc(COCCNCCO)ccc1Cl.[CH2]. The first-order valence-electron chi connectivity index (χ1n) is 10.6. The number of hydrogen-bond donors (Lipinski definition) is 3. The Morgan fingerprint density at radius 1 is 1.24 bits per heavy atom. The molecule has 3 N–H and O–H groups in total. The average molecular weight is 423 g/mol. The zero-order valence-electron chi connectivity index (χ0n) is 17.4. The topological polar surface area (TPSA) is 70.6 Å². The monoisotopic (exact) mass is 422 g/mol. The van der Waals surface area contributed by atoms with E-state index in [4.69, 9.17) is 21.4 Å². The largest absolute Gasteiger partial charge is 0.395 e. The van der Waals surface area contributed by atoms with Gasteiger partial charge in [0.2, 0.25) is 0 Å². The minimum absolute atomic E-state index is 0. The first-order chi connectivity index (χ1) is 13.6. The molecule has 2 radical (unpaired) electrons. The van der Waals surface area contributed by atoms with Crippen LogP contribution in [0.1, 0.15) is 60.9 Å². The van der Waals surface area contributed by atoms with E-state index in [0.717, 1.165) is 18.0 Å². The fourth-order valence-electron chi connectivity index (χ4n) is 4.81. The fourth-order valence-corrected chi connectivity index (χ4v) is 5.01. The highest BCUT2D eigenvalue weighted by molar-refractivity contribution is 6.33. The number of fused-ring (bicyclic) bond motifs is 2. The third-order valence-corrected chi connectivity index (χ3v) is 6.57. The van der Waals surface area contributed by atoms with E-state index in [-0.39, 0.29) is 19.9 Å². The Kier molecular flexibility index (Phi) is 9.90. The summed E-state index contributed by atoms with van der Waals surface area (Å²) in [6, 6.07) is 5.50. The highest BCUT2D eigenvalue weighted by Crippen LogP contribution is 2.48. The molecular formula is C23H35ClN2O3. The van der Waals surface area contributed by atoms with E-state index in [0.29, 0.717) is 42.3 Å². The fraction of sp³-hybridized carbons (Fsp3) is 0.652. The Hall–Kier alpha value is -1.14. The molecular weight excluding hydrogens is 388 g/mol. The Morgan fingerprint density at radius 3 is 2.72 bits per heavy atom. The highest BCUT2D eigenvalue weighted by atomic mass is 35.5. The molecule has 5 nitrogen and oxygen atoms in total. The summed E-state index contributed by atoms with van der Waals surface area (Å²) < 4.78 is 5.63. The lowest BCUT2D eigenvalue weighted by Crippen LogP contribution is -2.43. The van der Waals surface area contributed by atoms with E-state index >= 15 is 0 Å². The molecule has 2 saturated carbocycles. The maximum atomic E-state index is 12.8. The summed E-state index contributed by atoms with van der Waals surface area (Å²) in [5.41, 5.74) is 1.76. The van der Waals surface area contributed by atoms with Crippen LogP contribution in [0.4, 0.5) is 0 Å². The Balaban J connectivity index is 0.00000300. The molecule has 1 amide bonds. The Morgan fingerprint density at radius 2 is 2.00 bits per heavy atom. The standard InChI is InChI=1S/C22H33ClN2O3.CH2/c23-20-6-5-18(15-28-12-10-24-9-11-26)13-19(20)21(27)25-16-22-7-1-3-17(14-22)4-2-8-22;/h5-6,13,17,24,26H,1-4,7-12,14-16H2,(H,25,27);1H2. The van der Waals surface area contributed by atoms with Crippen LogP contribution < -0.4 is 10.6 Å². The lowest BCUT2D eigenvalue weighted by atomic mass is 9.62. The van der Waals surface area contributed by atoms with Crippen LogP contribution in [0.3, 0.4) is 0 Å². The number of hydrogen-bond acceptors (Lipinski definition) is 4. The molecule has 0 aromatic heterocycles. The van der Waals surface area contributed by atoms with Crippen molar-refractivity contribution in [2.75, 3.05) is 32.8 Å². The molecule has 1 aromatic rings. The van der Waals surface area contributed by atoms with Crippen molar-refractivity contribution in [1.82, 2.24) is 10.6 Å². The highest BCUT2D eigenvalue weighted by Gasteiger charge is 2.39. The van der Waals surface area contributed by atoms with Gasteiger partial charge in [0, 0.05) is 19.6 Å². The van der Waals surface area contributed by atoms with Crippen LogP contribution in [0.25, 0.3) is 0 Å². The molecule has 3 rings (SSSR count). The van der Waals surface area contributed by atoms with Crippen LogP contribution in [0, 0.1) is 18.8 Å².